The summed E-state index contributed by atoms with van der Waals surface area (Å²) in [6.07, 6.45) is 0.241. The fourth-order valence-electron chi connectivity index (χ4n) is 2.61. The lowest BCUT2D eigenvalue weighted by molar-refractivity contribution is -0.128. The van der Waals surface area contributed by atoms with Gasteiger partial charge >= 0.3 is 0 Å². The second kappa shape index (κ2) is 7.64. The van der Waals surface area contributed by atoms with Crippen molar-refractivity contribution in [1.82, 2.24) is 20.4 Å². The van der Waals surface area contributed by atoms with Gasteiger partial charge in [0.1, 0.15) is 5.82 Å². The van der Waals surface area contributed by atoms with Gasteiger partial charge in [-0.05, 0) is 17.7 Å². The summed E-state index contributed by atoms with van der Waals surface area (Å²) in [4.78, 5) is 25.7. The number of aromatic nitrogens is 2. The second-order valence-electron chi connectivity index (χ2n) is 5.75. The van der Waals surface area contributed by atoms with Gasteiger partial charge < -0.3 is 14.6 Å². The quantitative estimate of drug-likeness (QED) is 0.782. The number of benzene rings is 1. The molecule has 1 saturated heterocycles. The summed E-state index contributed by atoms with van der Waals surface area (Å²) in [6, 6.07) is 5.90. The molecule has 1 aromatic heterocycles. The Morgan fingerprint density at radius 2 is 2.32 bits per heavy atom. The van der Waals surface area contributed by atoms with Crippen molar-refractivity contribution in [1.29, 1.82) is 0 Å². The number of likely N-dealkylation sites (tertiary alicyclic amines) is 1. The molecular weight excluding hydrogens is 347 g/mol. The Labute approximate surface area is 148 Å². The number of halogens is 1. The highest BCUT2D eigenvalue weighted by atomic mass is 32.2. The molecule has 0 spiro atoms. The van der Waals surface area contributed by atoms with Gasteiger partial charge in [0.25, 0.3) is 5.22 Å². The first-order valence-electron chi connectivity index (χ1n) is 7.74. The number of hydrogen-bond acceptors (Lipinski definition) is 6. The van der Waals surface area contributed by atoms with Crippen LogP contribution in [0.5, 0.6) is 0 Å². The summed E-state index contributed by atoms with van der Waals surface area (Å²) in [5, 5.41) is 10.7. The number of amides is 2. The van der Waals surface area contributed by atoms with Crippen molar-refractivity contribution >= 4 is 23.6 Å². The molecule has 9 heteroatoms. The number of nitrogens with zero attached hydrogens (tertiary/aromatic N) is 3. The van der Waals surface area contributed by atoms with E-state index >= 15 is 0 Å². The minimum Gasteiger partial charge on any atom is -0.416 e. The lowest BCUT2D eigenvalue weighted by atomic mass is 10.2. The van der Waals surface area contributed by atoms with E-state index in [9.17, 15) is 14.0 Å². The molecule has 0 bridgehead atoms. The van der Waals surface area contributed by atoms with Crippen LogP contribution >= 0.6 is 11.8 Å². The van der Waals surface area contributed by atoms with E-state index in [0.717, 1.165) is 17.3 Å². The van der Waals surface area contributed by atoms with Crippen LogP contribution in [0, 0.1) is 12.7 Å². The summed E-state index contributed by atoms with van der Waals surface area (Å²) in [7, 11) is 0. The van der Waals surface area contributed by atoms with Crippen LogP contribution in [0.3, 0.4) is 0 Å². The molecule has 7 nitrogen and oxygen atoms in total. The van der Waals surface area contributed by atoms with E-state index < -0.39 is 0 Å². The normalized spacial score (nSPS) is 17.1. The average Bonchev–Trinajstić information content (AvgIpc) is 3.11. The molecule has 1 aliphatic rings. The zero-order chi connectivity index (χ0) is 17.8. The highest BCUT2D eigenvalue weighted by Crippen LogP contribution is 2.18. The third-order valence-corrected chi connectivity index (χ3v) is 4.49. The van der Waals surface area contributed by atoms with Gasteiger partial charge in [0.2, 0.25) is 17.7 Å². The molecule has 0 unspecified atom stereocenters. The molecule has 3 rings (SSSR count). The Balaban J connectivity index is 1.47. The molecular formula is C16H17FN4O3S. The van der Waals surface area contributed by atoms with E-state index in [1.165, 1.54) is 12.1 Å². The molecule has 0 saturated carbocycles. The lowest BCUT2D eigenvalue weighted by Gasteiger charge is -2.17. The number of hydrogen-bond donors (Lipinski definition) is 1. The molecule has 1 fully saturated rings. The van der Waals surface area contributed by atoms with E-state index in [1.807, 2.05) is 0 Å². The van der Waals surface area contributed by atoms with Crippen molar-refractivity contribution in [2.24, 2.45) is 0 Å². The molecule has 2 aromatic rings. The van der Waals surface area contributed by atoms with Crippen LogP contribution < -0.4 is 5.32 Å². The first-order chi connectivity index (χ1) is 12.0. The van der Waals surface area contributed by atoms with E-state index in [0.29, 0.717) is 24.2 Å². The molecule has 1 atom stereocenters. The minimum absolute atomic E-state index is 0.0604. The lowest BCUT2D eigenvalue weighted by Crippen LogP contribution is -2.38. The number of nitrogens with one attached hydrogen (secondary N) is 1. The van der Waals surface area contributed by atoms with Crippen molar-refractivity contribution in [3.8, 4) is 0 Å². The van der Waals surface area contributed by atoms with E-state index in [2.05, 4.69) is 15.5 Å². The maximum absolute atomic E-state index is 13.2. The molecule has 2 amide bonds. The Morgan fingerprint density at radius 3 is 3.04 bits per heavy atom. The van der Waals surface area contributed by atoms with E-state index in [-0.39, 0.29) is 35.8 Å². The summed E-state index contributed by atoms with van der Waals surface area (Å²) < 4.78 is 18.4. The third-order valence-electron chi connectivity index (χ3n) is 3.68. The van der Waals surface area contributed by atoms with Gasteiger partial charge in [-0.25, -0.2) is 4.39 Å². The van der Waals surface area contributed by atoms with Crippen molar-refractivity contribution in [2.75, 3.05) is 12.3 Å². The monoisotopic (exact) mass is 364 g/mol. The molecule has 1 N–H and O–H groups in total. The first kappa shape index (κ1) is 17.4. The summed E-state index contributed by atoms with van der Waals surface area (Å²) in [5.74, 6) is -0.0171. The van der Waals surface area contributed by atoms with Crippen LogP contribution in [-0.2, 0) is 16.1 Å². The largest absolute Gasteiger partial charge is 0.416 e. The number of thioether (sulfide) groups is 1. The van der Waals surface area contributed by atoms with Crippen LogP contribution in [0.2, 0.25) is 0 Å². The van der Waals surface area contributed by atoms with Gasteiger partial charge in [-0.15, -0.1) is 10.2 Å². The first-order valence-corrected chi connectivity index (χ1v) is 8.72. The molecule has 0 radical (unpaired) electrons. The molecule has 1 aromatic carbocycles. The minimum atomic E-state index is -0.331. The third kappa shape index (κ3) is 4.79. The zero-order valence-corrected chi connectivity index (χ0v) is 14.4. The fraction of sp³-hybridized carbons (Fsp3) is 0.375. The molecule has 25 heavy (non-hydrogen) atoms. The van der Waals surface area contributed by atoms with Crippen LogP contribution in [0.1, 0.15) is 17.9 Å². The SMILES string of the molecule is Cc1nnc(SCC(=O)N[C@H]2CC(=O)N(Cc3cccc(F)c3)C2)o1. The van der Waals surface area contributed by atoms with Gasteiger partial charge in [0.05, 0.1) is 11.8 Å². The summed E-state index contributed by atoms with van der Waals surface area (Å²) >= 11 is 1.15. The van der Waals surface area contributed by atoms with Crippen LogP contribution in [0.4, 0.5) is 4.39 Å². The van der Waals surface area contributed by atoms with Crippen LogP contribution in [-0.4, -0.2) is 45.3 Å². The van der Waals surface area contributed by atoms with Gasteiger partial charge in [-0.2, -0.15) is 0 Å². The predicted octanol–water partition coefficient (Wildman–Crippen LogP) is 1.53. The van der Waals surface area contributed by atoms with Gasteiger partial charge in [0.15, 0.2) is 0 Å². The Morgan fingerprint density at radius 1 is 1.48 bits per heavy atom. The molecule has 0 aliphatic carbocycles. The highest BCUT2D eigenvalue weighted by molar-refractivity contribution is 7.99. The topological polar surface area (TPSA) is 88.3 Å². The Hall–Kier alpha value is -2.42. The standard InChI is InChI=1S/C16H17FN4O3S/c1-10-19-20-16(24-10)25-9-14(22)18-13-6-15(23)21(8-13)7-11-3-2-4-12(17)5-11/h2-5,13H,6-9H2,1H3,(H,18,22)/t13-/m0/s1. The maximum Gasteiger partial charge on any atom is 0.277 e. The van der Waals surface area contributed by atoms with Crippen molar-refractivity contribution in [2.45, 2.75) is 31.2 Å². The molecule has 132 valence electrons. The number of carbonyl (C=O) groups is 2. The highest BCUT2D eigenvalue weighted by Gasteiger charge is 2.30. The number of carbonyl (C=O) groups excluding carboxylic acids is 2. The number of aryl methyl sites for hydroxylation is 1. The van der Waals surface area contributed by atoms with Crippen LogP contribution in [0.15, 0.2) is 33.9 Å². The van der Waals surface area contributed by atoms with Crippen molar-refractivity contribution < 1.29 is 18.4 Å². The van der Waals surface area contributed by atoms with Gasteiger partial charge in [0, 0.05) is 26.4 Å². The summed E-state index contributed by atoms with van der Waals surface area (Å²) in [6.45, 7) is 2.42. The summed E-state index contributed by atoms with van der Waals surface area (Å²) in [5.41, 5.74) is 0.725. The number of rotatable bonds is 6. The zero-order valence-electron chi connectivity index (χ0n) is 13.6. The molecule has 2 heterocycles. The Kier molecular flexibility index (Phi) is 5.32. The maximum atomic E-state index is 13.2. The van der Waals surface area contributed by atoms with Gasteiger partial charge in [-0.1, -0.05) is 23.9 Å². The second-order valence-corrected chi connectivity index (χ2v) is 6.67. The fourth-order valence-corrected chi connectivity index (χ4v) is 3.23. The van der Waals surface area contributed by atoms with E-state index in [1.54, 1.807) is 24.0 Å². The molecule has 1 aliphatic heterocycles. The van der Waals surface area contributed by atoms with E-state index in [4.69, 9.17) is 4.42 Å². The van der Waals surface area contributed by atoms with Crippen molar-refractivity contribution in [3.05, 3.63) is 41.5 Å². The predicted molar refractivity (Wildman–Crippen MR) is 88.1 cm³/mol. The van der Waals surface area contributed by atoms with Crippen molar-refractivity contribution in [3.63, 3.8) is 0 Å². The smallest absolute Gasteiger partial charge is 0.277 e. The van der Waals surface area contributed by atoms with Gasteiger partial charge in [-0.3, -0.25) is 9.59 Å². The Bertz CT molecular complexity index is 782. The van der Waals surface area contributed by atoms with Crippen LogP contribution in [0.25, 0.3) is 0 Å². The average molecular weight is 364 g/mol.